The molecule has 1 aromatic carbocycles. The van der Waals surface area contributed by atoms with Crippen molar-refractivity contribution in [1.29, 1.82) is 0 Å². The summed E-state index contributed by atoms with van der Waals surface area (Å²) in [5, 5.41) is 0. The predicted octanol–water partition coefficient (Wildman–Crippen LogP) is 0.101. The van der Waals surface area contributed by atoms with Crippen LogP contribution in [0.15, 0.2) is 22.6 Å². The molecule has 1 unspecified atom stereocenters. The number of nitrogen functional groups attached to an aromatic ring is 1. The van der Waals surface area contributed by atoms with Crippen molar-refractivity contribution in [1.82, 2.24) is 4.98 Å². The maximum absolute atomic E-state index is 11.4. The van der Waals surface area contributed by atoms with E-state index in [1.54, 1.807) is 23.1 Å². The summed E-state index contributed by atoms with van der Waals surface area (Å²) < 4.78 is 10.9. The van der Waals surface area contributed by atoms with Crippen LogP contribution < -0.4 is 16.4 Å². The first-order valence-electron chi connectivity index (χ1n) is 5.95. The fraction of sp³-hybridized carbons (Fsp3) is 0.333. The highest BCUT2D eigenvalue weighted by Crippen LogP contribution is 2.25. The molecule has 1 atom stereocenters. The third-order valence-corrected chi connectivity index (χ3v) is 3.10. The molecule has 2 aromatic rings. The molecule has 7 heteroatoms. The zero-order valence-corrected chi connectivity index (χ0v) is 10.2. The lowest BCUT2D eigenvalue weighted by Gasteiger charge is -2.31. The molecule has 0 saturated carbocycles. The number of oxazole rings is 1. The summed E-state index contributed by atoms with van der Waals surface area (Å²) in [5.41, 5.74) is 13.0. The van der Waals surface area contributed by atoms with Gasteiger partial charge in [-0.1, -0.05) is 0 Å². The number of fused-ring (bicyclic) bond motifs is 1. The van der Waals surface area contributed by atoms with E-state index in [4.69, 9.17) is 20.6 Å². The van der Waals surface area contributed by atoms with Gasteiger partial charge in [-0.05, 0) is 18.2 Å². The van der Waals surface area contributed by atoms with Gasteiger partial charge in [0.15, 0.2) is 5.58 Å². The minimum atomic E-state index is -0.556. The van der Waals surface area contributed by atoms with E-state index in [0.29, 0.717) is 36.0 Å². The van der Waals surface area contributed by atoms with Crippen LogP contribution in [0.4, 0.5) is 11.7 Å². The normalized spacial score (nSPS) is 19.8. The summed E-state index contributed by atoms with van der Waals surface area (Å²) in [7, 11) is 0. The van der Waals surface area contributed by atoms with Gasteiger partial charge in [-0.25, -0.2) is 0 Å². The highest BCUT2D eigenvalue weighted by molar-refractivity contribution is 5.84. The lowest BCUT2D eigenvalue weighted by atomic mass is 10.2. The smallest absolute Gasteiger partial charge is 0.299 e. The Bertz CT molecular complexity index is 624. The summed E-state index contributed by atoms with van der Waals surface area (Å²) in [6.07, 6.45) is 0. The fourth-order valence-corrected chi connectivity index (χ4v) is 2.12. The maximum atomic E-state index is 11.4. The Labute approximate surface area is 109 Å². The lowest BCUT2D eigenvalue weighted by Crippen LogP contribution is -2.52. The Morgan fingerprint density at radius 2 is 2.32 bits per heavy atom. The number of nitrogens with zero attached hydrogens (tertiary/aromatic N) is 2. The van der Waals surface area contributed by atoms with E-state index < -0.39 is 11.9 Å². The number of ether oxygens (including phenoxy) is 1. The highest BCUT2D eigenvalue weighted by Gasteiger charge is 2.31. The number of carbonyl (C=O) groups is 1. The van der Waals surface area contributed by atoms with Crippen molar-refractivity contribution < 1.29 is 13.9 Å². The van der Waals surface area contributed by atoms with Crippen LogP contribution in [0, 0.1) is 0 Å². The molecule has 0 aliphatic carbocycles. The number of hydrogen-bond donors (Lipinski definition) is 2. The van der Waals surface area contributed by atoms with Gasteiger partial charge in [-0.15, -0.1) is 0 Å². The van der Waals surface area contributed by atoms with Crippen LogP contribution in [0.3, 0.4) is 0 Å². The second kappa shape index (κ2) is 4.43. The predicted molar refractivity (Wildman–Crippen MR) is 69.6 cm³/mol. The number of hydrogen-bond acceptors (Lipinski definition) is 6. The van der Waals surface area contributed by atoms with Crippen LogP contribution >= 0.6 is 0 Å². The molecule has 0 radical (unpaired) electrons. The number of anilines is 2. The fourth-order valence-electron chi connectivity index (χ4n) is 2.12. The Hall–Kier alpha value is -2.28. The number of morpholine rings is 1. The molecule has 1 aliphatic heterocycles. The van der Waals surface area contributed by atoms with Crippen LogP contribution in [0.1, 0.15) is 0 Å². The van der Waals surface area contributed by atoms with Crippen molar-refractivity contribution in [3.63, 3.8) is 0 Å². The van der Waals surface area contributed by atoms with E-state index in [1.807, 2.05) is 0 Å². The summed E-state index contributed by atoms with van der Waals surface area (Å²) in [5.74, 6) is -0.457. The zero-order chi connectivity index (χ0) is 13.4. The van der Waals surface area contributed by atoms with Gasteiger partial charge in [0.05, 0.1) is 13.2 Å². The number of carbonyl (C=O) groups excluding carboxylic acids is 1. The minimum Gasteiger partial charge on any atom is -0.423 e. The first-order valence-corrected chi connectivity index (χ1v) is 5.95. The van der Waals surface area contributed by atoms with Crippen molar-refractivity contribution >= 4 is 28.7 Å². The molecule has 0 bridgehead atoms. The SMILES string of the molecule is NC(=O)C1COCCN1c1nc2cc(N)ccc2o1. The third-order valence-electron chi connectivity index (χ3n) is 3.10. The van der Waals surface area contributed by atoms with E-state index >= 15 is 0 Å². The molecule has 1 aromatic heterocycles. The molecular weight excluding hydrogens is 248 g/mol. The number of amides is 1. The van der Waals surface area contributed by atoms with Gasteiger partial charge in [0.2, 0.25) is 5.91 Å². The van der Waals surface area contributed by atoms with E-state index in [0.717, 1.165) is 0 Å². The van der Waals surface area contributed by atoms with Crippen LogP contribution in [0.25, 0.3) is 11.1 Å². The summed E-state index contributed by atoms with van der Waals surface area (Å²) in [6.45, 7) is 1.26. The van der Waals surface area contributed by atoms with Crippen LogP contribution in [0.5, 0.6) is 0 Å². The van der Waals surface area contributed by atoms with E-state index in [9.17, 15) is 4.79 Å². The molecule has 1 fully saturated rings. The Morgan fingerprint density at radius 1 is 1.47 bits per heavy atom. The average Bonchev–Trinajstić information content (AvgIpc) is 2.81. The molecule has 3 rings (SSSR count). The quantitative estimate of drug-likeness (QED) is 0.743. The number of rotatable bonds is 2. The monoisotopic (exact) mass is 262 g/mol. The van der Waals surface area contributed by atoms with Gasteiger partial charge in [-0.3, -0.25) is 4.79 Å². The molecule has 1 saturated heterocycles. The van der Waals surface area contributed by atoms with E-state index in [1.165, 1.54) is 0 Å². The molecule has 1 aliphatic rings. The van der Waals surface area contributed by atoms with Crippen molar-refractivity contribution in [2.75, 3.05) is 30.4 Å². The highest BCUT2D eigenvalue weighted by atomic mass is 16.5. The maximum Gasteiger partial charge on any atom is 0.299 e. The Morgan fingerprint density at radius 3 is 3.11 bits per heavy atom. The number of aromatic nitrogens is 1. The van der Waals surface area contributed by atoms with Crippen molar-refractivity contribution in [3.05, 3.63) is 18.2 Å². The van der Waals surface area contributed by atoms with Crippen LogP contribution in [-0.4, -0.2) is 36.7 Å². The Kier molecular flexibility index (Phi) is 2.75. The average molecular weight is 262 g/mol. The summed E-state index contributed by atoms with van der Waals surface area (Å²) >= 11 is 0. The Balaban J connectivity index is 1.99. The van der Waals surface area contributed by atoms with Crippen molar-refractivity contribution in [2.24, 2.45) is 5.73 Å². The minimum absolute atomic E-state index is 0.246. The number of benzene rings is 1. The van der Waals surface area contributed by atoms with Gasteiger partial charge in [0.25, 0.3) is 6.01 Å². The van der Waals surface area contributed by atoms with E-state index in [-0.39, 0.29) is 6.61 Å². The van der Waals surface area contributed by atoms with Gasteiger partial charge < -0.3 is 25.5 Å². The summed E-state index contributed by atoms with van der Waals surface area (Å²) in [4.78, 5) is 17.5. The van der Waals surface area contributed by atoms with Crippen molar-refractivity contribution in [3.8, 4) is 0 Å². The topological polar surface area (TPSA) is 108 Å². The van der Waals surface area contributed by atoms with Gasteiger partial charge in [0.1, 0.15) is 11.6 Å². The first-order chi connectivity index (χ1) is 9.15. The molecule has 19 heavy (non-hydrogen) atoms. The van der Waals surface area contributed by atoms with E-state index in [2.05, 4.69) is 4.98 Å². The molecule has 1 amide bonds. The third kappa shape index (κ3) is 2.08. The standard InChI is InChI=1S/C12H14N4O3/c13-7-1-2-10-8(5-7)15-12(19-10)16-3-4-18-6-9(16)11(14)17/h1-2,5,9H,3-4,6,13H2,(H2,14,17). The van der Waals surface area contributed by atoms with Gasteiger partial charge >= 0.3 is 0 Å². The zero-order valence-electron chi connectivity index (χ0n) is 10.2. The van der Waals surface area contributed by atoms with Gasteiger partial charge in [0, 0.05) is 12.2 Å². The molecule has 2 heterocycles. The molecule has 7 nitrogen and oxygen atoms in total. The number of primary amides is 1. The van der Waals surface area contributed by atoms with Crippen molar-refractivity contribution in [2.45, 2.75) is 6.04 Å². The molecule has 100 valence electrons. The summed E-state index contributed by atoms with van der Waals surface area (Å²) in [6, 6.07) is 5.03. The second-order valence-corrected chi connectivity index (χ2v) is 4.41. The lowest BCUT2D eigenvalue weighted by molar-refractivity contribution is -0.121. The molecular formula is C12H14N4O3. The molecule has 0 spiro atoms. The first kappa shape index (κ1) is 11.8. The van der Waals surface area contributed by atoms with Crippen LogP contribution in [0.2, 0.25) is 0 Å². The van der Waals surface area contributed by atoms with Crippen LogP contribution in [-0.2, 0) is 9.53 Å². The molecule has 4 N–H and O–H groups in total. The largest absolute Gasteiger partial charge is 0.423 e. The number of nitrogens with two attached hydrogens (primary N) is 2. The van der Waals surface area contributed by atoms with Gasteiger partial charge in [-0.2, -0.15) is 4.98 Å². The second-order valence-electron chi connectivity index (χ2n) is 4.41.